The maximum absolute atomic E-state index is 11.3. The summed E-state index contributed by atoms with van der Waals surface area (Å²) >= 11 is 0. The minimum absolute atomic E-state index is 0.378. The number of aryl methyl sites for hydroxylation is 1. The van der Waals surface area contributed by atoms with Crippen LogP contribution in [0.25, 0.3) is 0 Å². The van der Waals surface area contributed by atoms with Gasteiger partial charge in [0.25, 0.3) is 0 Å². The van der Waals surface area contributed by atoms with Crippen LogP contribution in [0.2, 0.25) is 0 Å². The average Bonchev–Trinajstić information content (AvgIpc) is 2.61. The van der Waals surface area contributed by atoms with Gasteiger partial charge in [0.2, 0.25) is 5.92 Å². The summed E-state index contributed by atoms with van der Waals surface area (Å²) in [5.41, 5.74) is 1.07. The number of rotatable bonds is 2. The molecular formula is C23H38F2O5S3. The highest BCUT2D eigenvalue weighted by Gasteiger charge is 2.08. The quantitative estimate of drug-likeness (QED) is 0.504. The second-order valence-electron chi connectivity index (χ2n) is 7.37. The third kappa shape index (κ3) is 30.2. The van der Waals surface area contributed by atoms with Crippen LogP contribution in [-0.2, 0) is 29.2 Å². The zero-order chi connectivity index (χ0) is 27.1. The summed E-state index contributed by atoms with van der Waals surface area (Å²) in [5.74, 6) is 1.07. The van der Waals surface area contributed by atoms with Crippen molar-refractivity contribution in [3.8, 4) is 0 Å². The van der Waals surface area contributed by atoms with Gasteiger partial charge in [0, 0.05) is 29.9 Å². The third-order valence-corrected chi connectivity index (χ3v) is 5.09. The summed E-state index contributed by atoms with van der Waals surface area (Å²) in [5, 5.41) is 0. The molecule has 0 N–H and O–H groups in total. The summed E-state index contributed by atoms with van der Waals surface area (Å²) in [6, 6.07) is 16.1. The Morgan fingerprint density at radius 2 is 1.00 bits per heavy atom. The number of alkyl halides is 2. The van der Waals surface area contributed by atoms with Gasteiger partial charge >= 0.3 is 0 Å². The van der Waals surface area contributed by atoms with Crippen LogP contribution in [-0.4, -0.2) is 57.9 Å². The molecule has 0 fully saturated rings. The number of benzene rings is 2. The molecule has 2 rings (SSSR count). The lowest BCUT2D eigenvalue weighted by atomic mass is 10.2. The van der Waals surface area contributed by atoms with Gasteiger partial charge in [-0.1, -0.05) is 49.7 Å². The first kappa shape index (κ1) is 35.8. The topological polar surface area (TPSA) is 85.3 Å². The molecular weight excluding hydrogens is 490 g/mol. The Morgan fingerprint density at radius 3 is 1.21 bits per heavy atom. The highest BCUT2D eigenvalue weighted by Crippen LogP contribution is 2.09. The normalized spacial score (nSPS) is 12.5. The molecule has 0 aliphatic carbocycles. The molecule has 2 aromatic carbocycles. The van der Waals surface area contributed by atoms with Crippen molar-refractivity contribution in [1.82, 2.24) is 0 Å². The zero-order valence-corrected chi connectivity index (χ0v) is 23.4. The van der Waals surface area contributed by atoms with E-state index in [1.165, 1.54) is 6.26 Å². The Morgan fingerprint density at radius 1 is 0.697 bits per heavy atom. The van der Waals surface area contributed by atoms with Crippen molar-refractivity contribution < 1.29 is 29.8 Å². The first-order chi connectivity index (χ1) is 14.6. The van der Waals surface area contributed by atoms with Crippen molar-refractivity contribution in [3.05, 3.63) is 60.2 Å². The van der Waals surface area contributed by atoms with Crippen molar-refractivity contribution in [2.24, 2.45) is 0 Å². The van der Waals surface area contributed by atoms with Gasteiger partial charge in [-0.3, -0.25) is 4.21 Å². The molecule has 0 aliphatic heterocycles. The predicted molar refractivity (Wildman–Crippen MR) is 139 cm³/mol. The standard InChI is InChI=1S/C8H10O2S.C8H10OS.C3H6F2.C2H6O2S.C2H6/c1-7-3-5-8(6-4-7)11(2,9)10;1-10(2,9)8-6-4-3-5-7-8;1-3(2,4)5;1-5(2,3)4;1-2/h3-6H,1-2H3;3-7H,1H2,2H3;2*1-2H3;1-2H3. The number of sulfone groups is 2. The van der Waals surface area contributed by atoms with Crippen molar-refractivity contribution in [1.29, 1.82) is 0 Å². The van der Waals surface area contributed by atoms with Crippen LogP contribution in [0.4, 0.5) is 8.78 Å². The van der Waals surface area contributed by atoms with E-state index in [2.05, 4.69) is 5.87 Å². The van der Waals surface area contributed by atoms with E-state index < -0.39 is 35.1 Å². The maximum atomic E-state index is 11.3. The zero-order valence-electron chi connectivity index (χ0n) is 20.9. The smallest absolute Gasteiger partial charge is 0.242 e. The van der Waals surface area contributed by atoms with E-state index in [-0.39, 0.29) is 0 Å². The molecule has 0 amide bonds. The van der Waals surface area contributed by atoms with Gasteiger partial charge in [-0.15, -0.1) is 0 Å². The van der Waals surface area contributed by atoms with E-state index in [0.29, 0.717) is 4.90 Å². The second kappa shape index (κ2) is 16.0. The molecule has 0 aromatic heterocycles. The van der Waals surface area contributed by atoms with E-state index in [0.717, 1.165) is 36.8 Å². The second-order valence-corrected chi connectivity index (χ2v) is 14.2. The van der Waals surface area contributed by atoms with Crippen LogP contribution in [0.5, 0.6) is 0 Å². The van der Waals surface area contributed by atoms with Crippen molar-refractivity contribution in [3.63, 3.8) is 0 Å². The fourth-order valence-electron chi connectivity index (χ4n) is 1.49. The molecule has 33 heavy (non-hydrogen) atoms. The molecule has 5 nitrogen and oxygen atoms in total. The van der Waals surface area contributed by atoms with Gasteiger partial charge in [0.1, 0.15) is 9.84 Å². The Kier molecular flexibility index (Phi) is 17.3. The van der Waals surface area contributed by atoms with Crippen LogP contribution in [0, 0.1) is 6.92 Å². The van der Waals surface area contributed by atoms with Gasteiger partial charge in [-0.25, -0.2) is 25.6 Å². The van der Waals surface area contributed by atoms with Gasteiger partial charge in [-0.2, -0.15) is 0 Å². The molecule has 0 aliphatic rings. The predicted octanol–water partition coefficient (Wildman–Crippen LogP) is 5.14. The largest absolute Gasteiger partial charge is 0.263 e. The molecule has 1 unspecified atom stereocenters. The molecule has 0 bridgehead atoms. The van der Waals surface area contributed by atoms with Gasteiger partial charge < -0.3 is 0 Å². The fourth-order valence-corrected chi connectivity index (χ4v) is 2.86. The summed E-state index contributed by atoms with van der Waals surface area (Å²) in [6.07, 6.45) is 5.17. The highest BCUT2D eigenvalue weighted by atomic mass is 32.2. The molecule has 0 saturated heterocycles. The van der Waals surface area contributed by atoms with Crippen molar-refractivity contribution in [2.45, 2.75) is 50.3 Å². The monoisotopic (exact) mass is 528 g/mol. The minimum Gasteiger partial charge on any atom is -0.263 e. The number of hydrogen-bond donors (Lipinski definition) is 0. The number of hydrogen-bond acceptors (Lipinski definition) is 5. The Balaban J connectivity index is -0.000000376. The third-order valence-electron chi connectivity index (χ3n) is 2.69. The first-order valence-corrected chi connectivity index (χ1v) is 16.1. The summed E-state index contributed by atoms with van der Waals surface area (Å²) in [6.45, 7) is 7.63. The highest BCUT2D eigenvalue weighted by molar-refractivity contribution is 7.99. The molecule has 0 radical (unpaired) electrons. The molecule has 1 atom stereocenters. The Hall–Kier alpha value is -1.78. The fraction of sp³-hybridized carbons (Fsp3) is 0.435. The first-order valence-electron chi connectivity index (χ1n) is 9.77. The van der Waals surface area contributed by atoms with Gasteiger partial charge in [0.15, 0.2) is 9.84 Å². The van der Waals surface area contributed by atoms with Gasteiger partial charge in [-0.05, 0) is 60.4 Å². The Bertz CT molecular complexity index is 1070. The average molecular weight is 529 g/mol. The van der Waals surface area contributed by atoms with Crippen LogP contribution >= 0.6 is 0 Å². The summed E-state index contributed by atoms with van der Waals surface area (Å²) < 4.78 is 74.5. The molecule has 192 valence electrons. The van der Waals surface area contributed by atoms with Crippen molar-refractivity contribution >= 4 is 35.1 Å². The number of halogens is 2. The molecule has 10 heteroatoms. The summed E-state index contributed by atoms with van der Waals surface area (Å²) in [4.78, 5) is 1.19. The van der Waals surface area contributed by atoms with E-state index in [1.54, 1.807) is 30.5 Å². The SMILES string of the molecule is C=S(C)(=O)c1ccccc1.CC.CC(C)(F)F.CS(C)(=O)=O.Cc1ccc(S(C)(=O)=O)cc1. The maximum Gasteiger partial charge on any atom is 0.242 e. The van der Waals surface area contributed by atoms with E-state index in [4.69, 9.17) is 0 Å². The van der Waals surface area contributed by atoms with E-state index >= 15 is 0 Å². The van der Waals surface area contributed by atoms with Crippen LogP contribution in [0.1, 0.15) is 33.3 Å². The summed E-state index contributed by atoms with van der Waals surface area (Å²) in [7, 11) is -7.69. The van der Waals surface area contributed by atoms with E-state index in [1.807, 2.05) is 51.1 Å². The minimum atomic E-state index is -3.02. The molecule has 0 heterocycles. The molecule has 0 saturated carbocycles. The van der Waals surface area contributed by atoms with Crippen LogP contribution < -0.4 is 0 Å². The Labute approximate surface area is 200 Å². The van der Waals surface area contributed by atoms with Crippen LogP contribution in [0.15, 0.2) is 64.4 Å². The lowest BCUT2D eigenvalue weighted by Gasteiger charge is -1.99. The van der Waals surface area contributed by atoms with Crippen LogP contribution in [0.3, 0.4) is 0 Å². The van der Waals surface area contributed by atoms with Crippen molar-refractivity contribution in [2.75, 3.05) is 25.0 Å². The van der Waals surface area contributed by atoms with E-state index in [9.17, 15) is 29.8 Å². The molecule has 2 aromatic rings. The van der Waals surface area contributed by atoms with Gasteiger partial charge in [0.05, 0.1) is 4.90 Å². The molecule has 0 spiro atoms. The lowest BCUT2D eigenvalue weighted by Crippen LogP contribution is -1.98. The lowest BCUT2D eigenvalue weighted by molar-refractivity contribution is 0.0437.